The lowest BCUT2D eigenvalue weighted by Gasteiger charge is -2.40. The number of carbonyl (C=O) groups is 2. The van der Waals surface area contributed by atoms with Crippen LogP contribution >= 0.6 is 0 Å². The van der Waals surface area contributed by atoms with E-state index in [1.165, 1.54) is 5.56 Å². The van der Waals surface area contributed by atoms with Crippen LogP contribution in [0.2, 0.25) is 0 Å². The number of likely N-dealkylation sites (tertiary alicyclic amines) is 1. The van der Waals surface area contributed by atoms with Crippen molar-refractivity contribution in [3.8, 4) is 0 Å². The third kappa shape index (κ3) is 7.40. The lowest BCUT2D eigenvalue weighted by molar-refractivity contribution is -0.165. The van der Waals surface area contributed by atoms with Crippen LogP contribution in [0.15, 0.2) is 48.8 Å². The summed E-state index contributed by atoms with van der Waals surface area (Å²) in [5.41, 5.74) is 2.66. The van der Waals surface area contributed by atoms with Gasteiger partial charge >= 0.3 is 5.97 Å². The van der Waals surface area contributed by atoms with E-state index in [2.05, 4.69) is 9.88 Å². The van der Waals surface area contributed by atoms with Crippen LogP contribution in [-0.2, 0) is 27.3 Å². The molecule has 2 aliphatic rings. The molecular weight excluding hydrogens is 482 g/mol. The summed E-state index contributed by atoms with van der Waals surface area (Å²) in [5, 5.41) is 21.0. The average Bonchev–Trinajstić information content (AvgIpc) is 2.94. The molecule has 2 fully saturated rings. The number of hydrogen-bond donors (Lipinski definition) is 2. The fourth-order valence-corrected chi connectivity index (χ4v) is 5.56. The summed E-state index contributed by atoms with van der Waals surface area (Å²) in [6.07, 6.45) is 5.51. The van der Waals surface area contributed by atoms with Crippen molar-refractivity contribution in [1.82, 2.24) is 14.8 Å². The lowest BCUT2D eigenvalue weighted by atomic mass is 9.74. The van der Waals surface area contributed by atoms with Crippen LogP contribution in [-0.4, -0.2) is 81.9 Å². The highest BCUT2D eigenvalue weighted by Crippen LogP contribution is 2.38. The smallest absolute Gasteiger partial charge is 0.312 e. The van der Waals surface area contributed by atoms with Gasteiger partial charge in [-0.3, -0.25) is 19.5 Å². The molecule has 3 heterocycles. The average molecular weight is 524 g/mol. The number of aryl methyl sites for hydroxylation is 1. The van der Waals surface area contributed by atoms with Crippen molar-refractivity contribution in [3.63, 3.8) is 0 Å². The number of cyclic esters (lactones) is 1. The third-order valence-corrected chi connectivity index (χ3v) is 8.21. The monoisotopic (exact) mass is 523 g/mol. The lowest BCUT2D eigenvalue weighted by Crippen LogP contribution is -2.45. The van der Waals surface area contributed by atoms with Gasteiger partial charge in [-0.1, -0.05) is 30.7 Å². The molecule has 206 valence electrons. The molecule has 8 heteroatoms. The van der Waals surface area contributed by atoms with Crippen LogP contribution in [0.5, 0.6) is 0 Å². The number of aliphatic hydroxyl groups excluding tert-OH is 2. The fourth-order valence-electron chi connectivity index (χ4n) is 5.56. The molecular formula is C30H41N3O5. The molecule has 38 heavy (non-hydrogen) atoms. The van der Waals surface area contributed by atoms with Crippen molar-refractivity contribution in [3.05, 3.63) is 65.5 Å². The maximum atomic E-state index is 13.3. The Labute approximate surface area is 225 Å². The minimum absolute atomic E-state index is 0.0160. The Kier molecular flexibility index (Phi) is 9.88. The molecule has 2 aromatic rings. The van der Waals surface area contributed by atoms with Crippen molar-refractivity contribution < 1.29 is 24.5 Å². The Morgan fingerprint density at radius 3 is 2.47 bits per heavy atom. The number of pyridine rings is 1. The quantitative estimate of drug-likeness (QED) is 0.594. The molecule has 0 bridgehead atoms. The maximum Gasteiger partial charge on any atom is 0.312 e. The van der Waals surface area contributed by atoms with E-state index < -0.39 is 17.6 Å². The minimum atomic E-state index is -1.18. The number of nitrogens with zero attached hydrogens (tertiary/aromatic N) is 3. The van der Waals surface area contributed by atoms with Gasteiger partial charge in [0.05, 0.1) is 17.9 Å². The van der Waals surface area contributed by atoms with E-state index in [0.717, 1.165) is 43.6 Å². The van der Waals surface area contributed by atoms with E-state index in [0.29, 0.717) is 38.8 Å². The van der Waals surface area contributed by atoms with Gasteiger partial charge in [-0.25, -0.2) is 0 Å². The first-order chi connectivity index (χ1) is 18.4. The summed E-state index contributed by atoms with van der Waals surface area (Å²) in [5.74, 6) is -0.263. The predicted octanol–water partition coefficient (Wildman–Crippen LogP) is 2.88. The number of hydrogen-bond acceptors (Lipinski definition) is 7. The highest BCUT2D eigenvalue weighted by molar-refractivity contribution is 5.79. The molecule has 2 aliphatic heterocycles. The zero-order chi connectivity index (χ0) is 27.0. The van der Waals surface area contributed by atoms with Gasteiger partial charge in [-0.2, -0.15) is 0 Å². The standard InChI is InChI=1S/C30H41N3O5/c1-23-6-2-3-7-25(23)20-28(36)33-16-5-4-11-30(29(37)38-22-27(35)26(34)10-17-33)12-18-32(19-13-30)21-24-8-14-31-15-9-24/h2-3,6-9,14-15,26-27,34-35H,4-5,10-13,16-22H2,1H3/t26-,27+/m0/s1. The number of aromatic nitrogens is 1. The van der Waals surface area contributed by atoms with Crippen molar-refractivity contribution in [1.29, 1.82) is 0 Å². The minimum Gasteiger partial charge on any atom is -0.462 e. The normalized spacial score (nSPS) is 23.7. The highest BCUT2D eigenvalue weighted by atomic mass is 16.5. The Hall–Kier alpha value is -2.81. The van der Waals surface area contributed by atoms with Crippen LogP contribution in [0.25, 0.3) is 0 Å². The van der Waals surface area contributed by atoms with Crippen LogP contribution in [0.4, 0.5) is 0 Å². The number of piperidine rings is 1. The predicted molar refractivity (Wildman–Crippen MR) is 144 cm³/mol. The molecule has 0 unspecified atom stereocenters. The van der Waals surface area contributed by atoms with Crippen LogP contribution < -0.4 is 0 Å². The van der Waals surface area contributed by atoms with Gasteiger partial charge in [-0.05, 0) is 80.9 Å². The van der Waals surface area contributed by atoms with Crippen LogP contribution in [0.3, 0.4) is 0 Å². The van der Waals surface area contributed by atoms with E-state index in [9.17, 15) is 19.8 Å². The molecule has 2 saturated heterocycles. The van der Waals surface area contributed by atoms with Crippen LogP contribution in [0, 0.1) is 12.3 Å². The maximum absolute atomic E-state index is 13.3. The summed E-state index contributed by atoms with van der Waals surface area (Å²) in [6.45, 7) is 5.06. The van der Waals surface area contributed by atoms with Crippen molar-refractivity contribution in [2.24, 2.45) is 5.41 Å². The Morgan fingerprint density at radius 1 is 1.00 bits per heavy atom. The number of amides is 1. The zero-order valence-electron chi connectivity index (χ0n) is 22.4. The number of aliphatic hydroxyl groups is 2. The zero-order valence-corrected chi connectivity index (χ0v) is 22.4. The molecule has 0 radical (unpaired) electrons. The summed E-state index contributed by atoms with van der Waals surface area (Å²) in [6, 6.07) is 11.9. The van der Waals surface area contributed by atoms with E-state index >= 15 is 0 Å². The van der Waals surface area contributed by atoms with Gasteiger partial charge in [0.25, 0.3) is 0 Å². The molecule has 2 N–H and O–H groups in total. The molecule has 1 aromatic heterocycles. The SMILES string of the molecule is Cc1ccccc1CC(=O)N1CCCCC2(CCN(Cc3ccncc3)CC2)C(=O)OC[C@@H](O)[C@@H](O)CC1. The van der Waals surface area contributed by atoms with Crippen molar-refractivity contribution in [2.45, 2.75) is 70.6 Å². The van der Waals surface area contributed by atoms with Gasteiger partial charge in [0, 0.05) is 32.0 Å². The van der Waals surface area contributed by atoms with Crippen LogP contribution in [0.1, 0.15) is 55.2 Å². The molecule has 8 nitrogen and oxygen atoms in total. The Morgan fingerprint density at radius 2 is 1.74 bits per heavy atom. The van der Waals surface area contributed by atoms with Gasteiger partial charge in [0.1, 0.15) is 12.7 Å². The molecule has 0 aliphatic carbocycles. The number of benzene rings is 1. The summed E-state index contributed by atoms with van der Waals surface area (Å²) in [4.78, 5) is 34.8. The van der Waals surface area contributed by atoms with Gasteiger partial charge in [0.2, 0.25) is 5.91 Å². The first kappa shape index (κ1) is 28.2. The number of esters is 1. The summed E-state index contributed by atoms with van der Waals surface area (Å²) < 4.78 is 5.60. The molecule has 4 rings (SSSR count). The third-order valence-electron chi connectivity index (χ3n) is 8.21. The second-order valence-electron chi connectivity index (χ2n) is 10.9. The number of rotatable bonds is 4. The first-order valence-electron chi connectivity index (χ1n) is 13.8. The summed E-state index contributed by atoms with van der Waals surface area (Å²) in [7, 11) is 0. The van der Waals surface area contributed by atoms with Crippen molar-refractivity contribution in [2.75, 3.05) is 32.8 Å². The van der Waals surface area contributed by atoms with Gasteiger partial charge < -0.3 is 19.8 Å². The first-order valence-corrected chi connectivity index (χ1v) is 13.8. The summed E-state index contributed by atoms with van der Waals surface area (Å²) >= 11 is 0. The molecule has 1 amide bonds. The molecule has 2 atom stereocenters. The van der Waals surface area contributed by atoms with E-state index in [-0.39, 0.29) is 24.9 Å². The van der Waals surface area contributed by atoms with Gasteiger partial charge in [0.15, 0.2) is 0 Å². The molecule has 1 aromatic carbocycles. The molecule has 1 spiro atoms. The van der Waals surface area contributed by atoms with Crippen molar-refractivity contribution >= 4 is 11.9 Å². The number of ether oxygens (including phenoxy) is 1. The van der Waals surface area contributed by atoms with E-state index in [1.54, 1.807) is 17.3 Å². The Balaban J connectivity index is 1.41. The van der Waals surface area contributed by atoms with E-state index in [4.69, 9.17) is 4.74 Å². The topological polar surface area (TPSA) is 103 Å². The van der Waals surface area contributed by atoms with E-state index in [1.807, 2.05) is 43.3 Å². The largest absolute Gasteiger partial charge is 0.462 e. The second-order valence-corrected chi connectivity index (χ2v) is 10.9. The fraction of sp³-hybridized carbons (Fsp3) is 0.567. The van der Waals surface area contributed by atoms with Gasteiger partial charge in [-0.15, -0.1) is 0 Å². The highest BCUT2D eigenvalue weighted by Gasteiger charge is 2.42. The Bertz CT molecular complexity index is 1050. The molecule has 0 saturated carbocycles. The second kappa shape index (κ2) is 13.3. The number of carbonyl (C=O) groups excluding carboxylic acids is 2.